The first-order valence-corrected chi connectivity index (χ1v) is 6.83. The molecular formula is C14H15ClFN3O. The highest BCUT2D eigenvalue weighted by Crippen LogP contribution is 2.18. The molecule has 0 bridgehead atoms. The summed E-state index contributed by atoms with van der Waals surface area (Å²) >= 11 is 5.86. The Bertz CT molecular complexity index is 536. The van der Waals surface area contributed by atoms with E-state index < -0.39 is 5.82 Å². The molecule has 1 aliphatic heterocycles. The van der Waals surface area contributed by atoms with Gasteiger partial charge in [0.05, 0.1) is 23.2 Å². The van der Waals surface area contributed by atoms with Gasteiger partial charge in [-0.3, -0.25) is 9.69 Å². The van der Waals surface area contributed by atoms with E-state index in [4.69, 9.17) is 16.9 Å². The second kappa shape index (κ2) is 6.69. The average Bonchev–Trinajstić information content (AvgIpc) is 2.41. The summed E-state index contributed by atoms with van der Waals surface area (Å²) in [5.74, 6) is -0.745. The standard InChI is InChI=1S/C14H15ClFN3O/c15-13-9-10(16)1-2-12(13)14(20)18-11-3-6-19(7-4-11)8-5-17/h1-2,9,11H,3-4,6-8H2,(H,18,20). The number of hydrogen-bond acceptors (Lipinski definition) is 3. The third-order valence-electron chi connectivity index (χ3n) is 3.39. The van der Waals surface area contributed by atoms with Gasteiger partial charge < -0.3 is 5.32 Å². The molecule has 106 valence electrons. The minimum Gasteiger partial charge on any atom is -0.349 e. The summed E-state index contributed by atoms with van der Waals surface area (Å²) in [5.41, 5.74) is 0.285. The third-order valence-corrected chi connectivity index (χ3v) is 3.71. The Hall–Kier alpha value is -1.64. The highest BCUT2D eigenvalue weighted by molar-refractivity contribution is 6.33. The summed E-state index contributed by atoms with van der Waals surface area (Å²) in [4.78, 5) is 14.1. The Morgan fingerprint density at radius 2 is 2.20 bits per heavy atom. The first kappa shape index (κ1) is 14.8. The topological polar surface area (TPSA) is 56.1 Å². The zero-order chi connectivity index (χ0) is 14.5. The van der Waals surface area contributed by atoms with Gasteiger partial charge in [0.15, 0.2) is 0 Å². The maximum absolute atomic E-state index is 12.9. The molecule has 0 aliphatic carbocycles. The van der Waals surface area contributed by atoms with Crippen molar-refractivity contribution in [3.63, 3.8) is 0 Å². The van der Waals surface area contributed by atoms with Gasteiger partial charge in [-0.15, -0.1) is 0 Å². The fourth-order valence-corrected chi connectivity index (χ4v) is 2.53. The minimum absolute atomic E-state index is 0.0681. The van der Waals surface area contributed by atoms with Gasteiger partial charge in [0.2, 0.25) is 0 Å². The highest BCUT2D eigenvalue weighted by atomic mass is 35.5. The number of carbonyl (C=O) groups excluding carboxylic acids is 1. The SMILES string of the molecule is N#CCN1CCC(NC(=O)c2ccc(F)cc2Cl)CC1. The van der Waals surface area contributed by atoms with E-state index in [0.29, 0.717) is 6.54 Å². The van der Waals surface area contributed by atoms with Gasteiger partial charge in [0, 0.05) is 19.1 Å². The number of halogens is 2. The molecule has 0 spiro atoms. The summed E-state index contributed by atoms with van der Waals surface area (Å²) < 4.78 is 12.9. The lowest BCUT2D eigenvalue weighted by molar-refractivity contribution is 0.0914. The quantitative estimate of drug-likeness (QED) is 0.870. The zero-order valence-corrected chi connectivity index (χ0v) is 11.7. The normalized spacial score (nSPS) is 16.6. The van der Waals surface area contributed by atoms with Gasteiger partial charge in [-0.05, 0) is 31.0 Å². The number of nitrogens with zero attached hydrogens (tertiary/aromatic N) is 2. The Morgan fingerprint density at radius 3 is 2.80 bits per heavy atom. The van der Waals surface area contributed by atoms with Crippen LogP contribution in [0.5, 0.6) is 0 Å². The molecule has 4 nitrogen and oxygen atoms in total. The molecule has 0 saturated carbocycles. The molecule has 1 amide bonds. The summed E-state index contributed by atoms with van der Waals surface area (Å²) in [6.45, 7) is 2.00. The Morgan fingerprint density at radius 1 is 1.50 bits per heavy atom. The van der Waals surface area contributed by atoms with Gasteiger partial charge in [0.25, 0.3) is 5.91 Å². The molecule has 1 aromatic carbocycles. The van der Waals surface area contributed by atoms with E-state index in [1.54, 1.807) is 0 Å². The molecule has 1 N–H and O–H groups in total. The highest BCUT2D eigenvalue weighted by Gasteiger charge is 2.21. The predicted octanol–water partition coefficient (Wildman–Crippen LogP) is 2.20. The smallest absolute Gasteiger partial charge is 0.253 e. The fourth-order valence-electron chi connectivity index (χ4n) is 2.27. The van der Waals surface area contributed by atoms with Crippen LogP contribution in [-0.4, -0.2) is 36.5 Å². The van der Waals surface area contributed by atoms with Crippen LogP contribution in [0.3, 0.4) is 0 Å². The van der Waals surface area contributed by atoms with E-state index in [-0.39, 0.29) is 22.5 Å². The molecule has 1 aromatic rings. The van der Waals surface area contributed by atoms with Crippen LogP contribution in [-0.2, 0) is 0 Å². The number of hydrogen-bond donors (Lipinski definition) is 1. The second-order valence-electron chi connectivity index (χ2n) is 4.81. The summed E-state index contributed by atoms with van der Waals surface area (Å²) in [7, 11) is 0. The van der Waals surface area contributed by atoms with Crippen LogP contribution in [0.2, 0.25) is 5.02 Å². The van der Waals surface area contributed by atoms with Crippen LogP contribution < -0.4 is 5.32 Å². The molecule has 2 rings (SSSR count). The van der Waals surface area contributed by atoms with Crippen LogP contribution in [0.1, 0.15) is 23.2 Å². The molecule has 0 atom stereocenters. The second-order valence-corrected chi connectivity index (χ2v) is 5.21. The number of rotatable bonds is 3. The molecule has 0 aromatic heterocycles. The lowest BCUT2D eigenvalue weighted by Crippen LogP contribution is -2.44. The molecule has 1 saturated heterocycles. The maximum atomic E-state index is 12.9. The Balaban J connectivity index is 1.91. The van der Waals surface area contributed by atoms with E-state index in [0.717, 1.165) is 32.0 Å². The number of carbonyl (C=O) groups is 1. The van der Waals surface area contributed by atoms with Gasteiger partial charge in [-0.1, -0.05) is 11.6 Å². The molecule has 0 unspecified atom stereocenters. The predicted molar refractivity (Wildman–Crippen MR) is 74.0 cm³/mol. The Labute approximate surface area is 122 Å². The first-order chi connectivity index (χ1) is 9.60. The Kier molecular flexibility index (Phi) is 4.94. The van der Waals surface area contributed by atoms with Crippen LogP contribution in [0.15, 0.2) is 18.2 Å². The van der Waals surface area contributed by atoms with E-state index in [9.17, 15) is 9.18 Å². The monoisotopic (exact) mass is 295 g/mol. The van der Waals surface area contributed by atoms with Crippen molar-refractivity contribution in [2.24, 2.45) is 0 Å². The summed E-state index contributed by atoms with van der Waals surface area (Å²) in [6.07, 6.45) is 1.60. The first-order valence-electron chi connectivity index (χ1n) is 6.45. The van der Waals surface area contributed by atoms with Gasteiger partial charge in [0.1, 0.15) is 5.82 Å². The van der Waals surface area contributed by atoms with Crippen LogP contribution in [0.25, 0.3) is 0 Å². The molecule has 1 aliphatic rings. The summed E-state index contributed by atoms with van der Waals surface area (Å²) in [5, 5.41) is 11.6. The molecule has 1 heterocycles. The van der Waals surface area contributed by atoms with Crippen LogP contribution >= 0.6 is 11.6 Å². The number of likely N-dealkylation sites (tertiary alicyclic amines) is 1. The minimum atomic E-state index is -0.462. The van der Waals surface area contributed by atoms with E-state index in [2.05, 4.69) is 11.4 Å². The molecule has 20 heavy (non-hydrogen) atoms. The number of nitriles is 1. The number of piperidine rings is 1. The number of nitrogens with one attached hydrogen (secondary N) is 1. The van der Waals surface area contributed by atoms with Gasteiger partial charge in [-0.2, -0.15) is 5.26 Å². The van der Waals surface area contributed by atoms with Crippen molar-refractivity contribution >= 4 is 17.5 Å². The van der Waals surface area contributed by atoms with Crippen molar-refractivity contribution < 1.29 is 9.18 Å². The van der Waals surface area contributed by atoms with Crippen molar-refractivity contribution in [1.29, 1.82) is 5.26 Å². The summed E-state index contributed by atoms with van der Waals surface area (Å²) in [6, 6.07) is 5.92. The molecule has 0 radical (unpaired) electrons. The van der Waals surface area contributed by atoms with E-state index >= 15 is 0 Å². The van der Waals surface area contributed by atoms with Crippen molar-refractivity contribution in [3.8, 4) is 6.07 Å². The lowest BCUT2D eigenvalue weighted by Gasteiger charge is -2.30. The number of amides is 1. The van der Waals surface area contributed by atoms with Crippen molar-refractivity contribution in [2.75, 3.05) is 19.6 Å². The third kappa shape index (κ3) is 3.69. The lowest BCUT2D eigenvalue weighted by atomic mass is 10.0. The van der Waals surface area contributed by atoms with Crippen LogP contribution in [0.4, 0.5) is 4.39 Å². The van der Waals surface area contributed by atoms with Crippen molar-refractivity contribution in [1.82, 2.24) is 10.2 Å². The van der Waals surface area contributed by atoms with Crippen molar-refractivity contribution in [2.45, 2.75) is 18.9 Å². The largest absolute Gasteiger partial charge is 0.349 e. The average molecular weight is 296 g/mol. The molecule has 6 heteroatoms. The number of benzene rings is 1. The molecule has 1 fully saturated rings. The van der Waals surface area contributed by atoms with Gasteiger partial charge >= 0.3 is 0 Å². The zero-order valence-electron chi connectivity index (χ0n) is 10.9. The van der Waals surface area contributed by atoms with Crippen LogP contribution in [0, 0.1) is 17.1 Å². The fraction of sp³-hybridized carbons (Fsp3) is 0.429. The van der Waals surface area contributed by atoms with E-state index in [1.807, 2.05) is 4.90 Å². The maximum Gasteiger partial charge on any atom is 0.253 e. The van der Waals surface area contributed by atoms with Crippen molar-refractivity contribution in [3.05, 3.63) is 34.6 Å². The van der Waals surface area contributed by atoms with Gasteiger partial charge in [-0.25, -0.2) is 4.39 Å². The molecular weight excluding hydrogens is 281 g/mol. The van der Waals surface area contributed by atoms with E-state index in [1.165, 1.54) is 12.1 Å².